The number of aliphatic hydroxyl groups is 1. The molecular formula is C13H29NOS. The second-order valence-corrected chi connectivity index (χ2v) is 6.11. The summed E-state index contributed by atoms with van der Waals surface area (Å²) < 4.78 is 0. The molecule has 0 aliphatic heterocycles. The van der Waals surface area contributed by atoms with E-state index in [0.717, 1.165) is 6.54 Å². The molecule has 0 saturated carbocycles. The van der Waals surface area contributed by atoms with Gasteiger partial charge in [-0.15, -0.1) is 0 Å². The van der Waals surface area contributed by atoms with Crippen LogP contribution in [-0.2, 0) is 0 Å². The predicted octanol–water partition coefficient (Wildman–Crippen LogP) is 3.05. The van der Waals surface area contributed by atoms with E-state index < -0.39 is 0 Å². The minimum atomic E-state index is 0.286. The summed E-state index contributed by atoms with van der Waals surface area (Å²) in [7, 11) is 0. The maximum atomic E-state index is 9.13. The van der Waals surface area contributed by atoms with E-state index in [0.29, 0.717) is 16.5 Å². The van der Waals surface area contributed by atoms with Crippen LogP contribution >= 0.6 is 11.8 Å². The molecule has 0 fully saturated rings. The van der Waals surface area contributed by atoms with Gasteiger partial charge in [-0.25, -0.2) is 0 Å². The zero-order valence-electron chi connectivity index (χ0n) is 11.3. The highest BCUT2D eigenvalue weighted by Gasteiger charge is 2.20. The van der Waals surface area contributed by atoms with Crippen molar-refractivity contribution in [3.8, 4) is 0 Å². The van der Waals surface area contributed by atoms with Crippen molar-refractivity contribution in [3.63, 3.8) is 0 Å². The highest BCUT2D eigenvalue weighted by atomic mass is 32.2. The summed E-state index contributed by atoms with van der Waals surface area (Å²) in [4.78, 5) is 0. The van der Waals surface area contributed by atoms with Crippen molar-refractivity contribution in [3.05, 3.63) is 0 Å². The standard InChI is InChI=1S/C13H29NOS/c1-5-8-12(14-9-6-2)13(7-3)16-11(4)10-15/h11-15H,5-10H2,1-4H3. The van der Waals surface area contributed by atoms with Crippen molar-refractivity contribution in [2.75, 3.05) is 13.2 Å². The Morgan fingerprint density at radius 2 is 1.88 bits per heavy atom. The van der Waals surface area contributed by atoms with E-state index in [1.807, 2.05) is 11.8 Å². The molecule has 0 aromatic carbocycles. The Labute approximate surface area is 106 Å². The molecule has 0 rings (SSSR count). The van der Waals surface area contributed by atoms with Crippen LogP contribution < -0.4 is 5.32 Å². The van der Waals surface area contributed by atoms with Gasteiger partial charge in [-0.3, -0.25) is 0 Å². The third-order valence-electron chi connectivity index (χ3n) is 2.77. The molecule has 0 radical (unpaired) electrons. The summed E-state index contributed by atoms with van der Waals surface area (Å²) in [6, 6.07) is 0.606. The van der Waals surface area contributed by atoms with Gasteiger partial charge in [0, 0.05) is 16.5 Å². The van der Waals surface area contributed by atoms with E-state index >= 15 is 0 Å². The smallest absolute Gasteiger partial charge is 0.0547 e. The van der Waals surface area contributed by atoms with E-state index in [-0.39, 0.29) is 6.61 Å². The third kappa shape index (κ3) is 6.77. The Bertz CT molecular complexity index is 155. The highest BCUT2D eigenvalue weighted by molar-refractivity contribution is 8.00. The van der Waals surface area contributed by atoms with Gasteiger partial charge in [0.2, 0.25) is 0 Å². The van der Waals surface area contributed by atoms with Crippen LogP contribution in [0.2, 0.25) is 0 Å². The molecule has 2 nitrogen and oxygen atoms in total. The van der Waals surface area contributed by atoms with Crippen molar-refractivity contribution in [1.29, 1.82) is 0 Å². The molecule has 98 valence electrons. The lowest BCUT2D eigenvalue weighted by Crippen LogP contribution is -2.39. The van der Waals surface area contributed by atoms with Crippen molar-refractivity contribution in [2.45, 2.75) is 69.9 Å². The molecule has 0 saturated heterocycles. The first-order valence-corrected chi connectivity index (χ1v) is 7.63. The first kappa shape index (κ1) is 16.3. The van der Waals surface area contributed by atoms with Crippen LogP contribution in [0.25, 0.3) is 0 Å². The molecule has 0 aliphatic rings. The quantitative estimate of drug-likeness (QED) is 0.622. The lowest BCUT2D eigenvalue weighted by atomic mass is 10.1. The molecule has 3 atom stereocenters. The van der Waals surface area contributed by atoms with E-state index in [1.165, 1.54) is 25.7 Å². The molecule has 2 N–H and O–H groups in total. The molecule has 0 aromatic heterocycles. The number of hydrogen-bond acceptors (Lipinski definition) is 3. The first-order valence-electron chi connectivity index (χ1n) is 6.69. The Morgan fingerprint density at radius 1 is 1.19 bits per heavy atom. The molecule has 0 aromatic rings. The summed E-state index contributed by atoms with van der Waals surface area (Å²) in [6.45, 7) is 10.2. The van der Waals surface area contributed by atoms with Crippen LogP contribution in [0, 0.1) is 0 Å². The van der Waals surface area contributed by atoms with E-state index in [9.17, 15) is 0 Å². The number of hydrogen-bond donors (Lipinski definition) is 2. The van der Waals surface area contributed by atoms with Gasteiger partial charge in [-0.2, -0.15) is 11.8 Å². The molecule has 0 amide bonds. The second kappa shape index (κ2) is 10.4. The van der Waals surface area contributed by atoms with Crippen molar-refractivity contribution in [1.82, 2.24) is 5.32 Å². The Balaban J connectivity index is 4.20. The Morgan fingerprint density at radius 3 is 2.31 bits per heavy atom. The maximum absolute atomic E-state index is 9.13. The number of thioether (sulfide) groups is 1. The van der Waals surface area contributed by atoms with Crippen molar-refractivity contribution >= 4 is 11.8 Å². The average Bonchev–Trinajstić information content (AvgIpc) is 2.31. The summed E-state index contributed by atoms with van der Waals surface area (Å²) in [5.41, 5.74) is 0. The first-order chi connectivity index (χ1) is 7.69. The second-order valence-electron chi connectivity index (χ2n) is 4.43. The topological polar surface area (TPSA) is 32.3 Å². The summed E-state index contributed by atoms with van der Waals surface area (Å²) >= 11 is 1.93. The Kier molecular flexibility index (Phi) is 10.6. The van der Waals surface area contributed by atoms with Crippen LogP contribution in [0.15, 0.2) is 0 Å². The zero-order valence-corrected chi connectivity index (χ0v) is 12.1. The van der Waals surface area contributed by atoms with E-state index in [4.69, 9.17) is 5.11 Å². The van der Waals surface area contributed by atoms with Gasteiger partial charge in [0.05, 0.1) is 6.61 Å². The van der Waals surface area contributed by atoms with Gasteiger partial charge in [0.25, 0.3) is 0 Å². The highest BCUT2D eigenvalue weighted by Crippen LogP contribution is 2.25. The number of aliphatic hydroxyl groups excluding tert-OH is 1. The molecule has 0 bridgehead atoms. The fourth-order valence-electron chi connectivity index (χ4n) is 1.88. The summed E-state index contributed by atoms with van der Waals surface area (Å²) in [5.74, 6) is 0. The van der Waals surface area contributed by atoms with Crippen LogP contribution in [0.4, 0.5) is 0 Å². The van der Waals surface area contributed by atoms with Gasteiger partial charge >= 0.3 is 0 Å². The van der Waals surface area contributed by atoms with Crippen LogP contribution in [0.1, 0.15) is 53.4 Å². The normalized spacial score (nSPS) is 17.1. The lowest BCUT2D eigenvalue weighted by Gasteiger charge is -2.28. The number of nitrogens with one attached hydrogen (secondary N) is 1. The van der Waals surface area contributed by atoms with Crippen LogP contribution in [-0.4, -0.2) is 34.8 Å². The van der Waals surface area contributed by atoms with E-state index in [2.05, 4.69) is 33.0 Å². The van der Waals surface area contributed by atoms with Crippen molar-refractivity contribution in [2.24, 2.45) is 0 Å². The zero-order chi connectivity index (χ0) is 12.4. The van der Waals surface area contributed by atoms with Gasteiger partial charge in [-0.05, 0) is 25.8 Å². The maximum Gasteiger partial charge on any atom is 0.0547 e. The minimum Gasteiger partial charge on any atom is -0.395 e. The third-order valence-corrected chi connectivity index (χ3v) is 4.40. The van der Waals surface area contributed by atoms with Crippen LogP contribution in [0.5, 0.6) is 0 Å². The summed E-state index contributed by atoms with van der Waals surface area (Å²) in [6.07, 6.45) is 4.84. The van der Waals surface area contributed by atoms with Gasteiger partial charge in [0.15, 0.2) is 0 Å². The molecule has 16 heavy (non-hydrogen) atoms. The monoisotopic (exact) mass is 247 g/mol. The predicted molar refractivity (Wildman–Crippen MR) is 75.2 cm³/mol. The van der Waals surface area contributed by atoms with Gasteiger partial charge in [0.1, 0.15) is 0 Å². The Hall–Kier alpha value is 0.270. The van der Waals surface area contributed by atoms with Crippen LogP contribution in [0.3, 0.4) is 0 Å². The average molecular weight is 247 g/mol. The molecule has 0 aliphatic carbocycles. The van der Waals surface area contributed by atoms with E-state index in [1.54, 1.807) is 0 Å². The SMILES string of the molecule is CCCNC(CCC)C(CC)SC(C)CO. The van der Waals surface area contributed by atoms with Gasteiger partial charge < -0.3 is 10.4 Å². The molecule has 3 unspecified atom stereocenters. The fraction of sp³-hybridized carbons (Fsp3) is 1.00. The van der Waals surface area contributed by atoms with Crippen molar-refractivity contribution < 1.29 is 5.11 Å². The largest absolute Gasteiger partial charge is 0.395 e. The minimum absolute atomic E-state index is 0.286. The fourth-order valence-corrected chi connectivity index (χ4v) is 3.17. The molecule has 3 heteroatoms. The molecular weight excluding hydrogens is 218 g/mol. The van der Waals surface area contributed by atoms with Gasteiger partial charge in [-0.1, -0.05) is 34.1 Å². The molecule has 0 heterocycles. The summed E-state index contributed by atoms with van der Waals surface area (Å²) in [5, 5.41) is 13.8. The molecule has 0 spiro atoms. The lowest BCUT2D eigenvalue weighted by molar-refractivity contribution is 0.299. The number of rotatable bonds is 10.